The first-order chi connectivity index (χ1) is 6.88. The van der Waals surface area contributed by atoms with Crippen LogP contribution in [0.15, 0.2) is 0 Å². The van der Waals surface area contributed by atoms with E-state index in [1.165, 1.54) is 0 Å². The largest absolute Gasteiger partial charge is 0.375 e. The highest BCUT2D eigenvalue weighted by atomic mass is 32.2. The standard InChI is InChI=1S/C11H19NOS/c1-3-4-5-6-10(12-2)11-9-14-8-7-13-11/h10-12H,5-9H2,1-2H3. The first kappa shape index (κ1) is 11.9. The fourth-order valence-corrected chi connectivity index (χ4v) is 2.55. The van der Waals surface area contributed by atoms with E-state index in [0.717, 1.165) is 31.0 Å². The number of rotatable bonds is 4. The Balaban J connectivity index is 2.30. The van der Waals surface area contributed by atoms with Crippen molar-refractivity contribution < 1.29 is 4.74 Å². The molecule has 0 aliphatic carbocycles. The van der Waals surface area contributed by atoms with Gasteiger partial charge >= 0.3 is 0 Å². The summed E-state index contributed by atoms with van der Waals surface area (Å²) < 4.78 is 5.73. The normalized spacial score (nSPS) is 23.7. The Morgan fingerprint density at radius 3 is 3.07 bits per heavy atom. The summed E-state index contributed by atoms with van der Waals surface area (Å²) in [6.45, 7) is 2.79. The third kappa shape index (κ3) is 3.91. The fourth-order valence-electron chi connectivity index (χ4n) is 1.61. The summed E-state index contributed by atoms with van der Waals surface area (Å²) in [5.74, 6) is 8.28. The van der Waals surface area contributed by atoms with Gasteiger partial charge in [-0.1, -0.05) is 0 Å². The summed E-state index contributed by atoms with van der Waals surface area (Å²) in [5, 5.41) is 3.32. The second-order valence-corrected chi connectivity index (χ2v) is 4.49. The quantitative estimate of drug-likeness (QED) is 0.715. The Hall–Kier alpha value is -0.170. The molecule has 3 heteroatoms. The maximum atomic E-state index is 5.73. The molecule has 1 aliphatic rings. The van der Waals surface area contributed by atoms with Crippen LogP contribution in [0.25, 0.3) is 0 Å². The predicted molar refractivity (Wildman–Crippen MR) is 62.6 cm³/mol. The van der Waals surface area contributed by atoms with E-state index in [0.29, 0.717) is 12.1 Å². The molecule has 0 amide bonds. The fraction of sp³-hybridized carbons (Fsp3) is 0.818. The topological polar surface area (TPSA) is 21.3 Å². The molecule has 0 radical (unpaired) electrons. The molecule has 1 fully saturated rings. The summed E-state index contributed by atoms with van der Waals surface area (Å²) in [6.07, 6.45) is 2.42. The van der Waals surface area contributed by atoms with Crippen LogP contribution in [0, 0.1) is 11.8 Å². The van der Waals surface area contributed by atoms with Crippen molar-refractivity contribution >= 4 is 11.8 Å². The van der Waals surface area contributed by atoms with Gasteiger partial charge in [-0.25, -0.2) is 0 Å². The molecule has 1 N–H and O–H groups in total. The highest BCUT2D eigenvalue weighted by molar-refractivity contribution is 7.99. The van der Waals surface area contributed by atoms with Crippen LogP contribution in [0.4, 0.5) is 0 Å². The Labute approximate surface area is 91.2 Å². The Kier molecular flexibility index (Phi) is 6.09. The molecule has 2 nitrogen and oxygen atoms in total. The first-order valence-corrected chi connectivity index (χ1v) is 6.30. The summed E-state index contributed by atoms with van der Waals surface area (Å²) in [5.41, 5.74) is 0. The highest BCUT2D eigenvalue weighted by Gasteiger charge is 2.22. The molecule has 1 saturated heterocycles. The molecule has 1 aliphatic heterocycles. The minimum absolute atomic E-state index is 0.373. The van der Waals surface area contributed by atoms with Crippen LogP contribution in [0.2, 0.25) is 0 Å². The van der Waals surface area contributed by atoms with E-state index in [2.05, 4.69) is 17.2 Å². The predicted octanol–water partition coefficient (Wildman–Crippen LogP) is 1.51. The molecular weight excluding hydrogens is 194 g/mol. The van der Waals surface area contributed by atoms with Gasteiger partial charge in [-0.15, -0.1) is 11.8 Å². The number of hydrogen-bond donors (Lipinski definition) is 1. The van der Waals surface area contributed by atoms with E-state index in [-0.39, 0.29) is 0 Å². The van der Waals surface area contributed by atoms with Crippen molar-refractivity contribution in [3.05, 3.63) is 0 Å². The molecule has 0 bridgehead atoms. The first-order valence-electron chi connectivity index (χ1n) is 5.14. The van der Waals surface area contributed by atoms with Gasteiger partial charge in [0.15, 0.2) is 0 Å². The van der Waals surface area contributed by atoms with Gasteiger partial charge in [-0.2, -0.15) is 11.8 Å². The van der Waals surface area contributed by atoms with Crippen molar-refractivity contribution in [1.29, 1.82) is 0 Å². The van der Waals surface area contributed by atoms with Crippen molar-refractivity contribution in [3.63, 3.8) is 0 Å². The van der Waals surface area contributed by atoms with Gasteiger partial charge in [0.2, 0.25) is 0 Å². The zero-order valence-corrected chi connectivity index (χ0v) is 9.82. The molecule has 0 saturated carbocycles. The van der Waals surface area contributed by atoms with Crippen molar-refractivity contribution in [3.8, 4) is 11.8 Å². The van der Waals surface area contributed by atoms with Crippen LogP contribution in [0.3, 0.4) is 0 Å². The van der Waals surface area contributed by atoms with Crippen molar-refractivity contribution in [1.82, 2.24) is 5.32 Å². The molecular formula is C11H19NOS. The van der Waals surface area contributed by atoms with Gasteiger partial charge in [-0.05, 0) is 20.4 Å². The van der Waals surface area contributed by atoms with E-state index in [9.17, 15) is 0 Å². The molecule has 14 heavy (non-hydrogen) atoms. The third-order valence-electron chi connectivity index (χ3n) is 2.42. The molecule has 0 aromatic heterocycles. The maximum absolute atomic E-state index is 5.73. The van der Waals surface area contributed by atoms with E-state index < -0.39 is 0 Å². The SMILES string of the molecule is CC#CCCC(NC)C1CSCCO1. The average Bonchev–Trinajstić information content (AvgIpc) is 2.26. The maximum Gasteiger partial charge on any atom is 0.0818 e. The number of nitrogens with one attached hydrogen (secondary N) is 1. The molecule has 2 atom stereocenters. The van der Waals surface area contributed by atoms with Crippen molar-refractivity contribution in [2.24, 2.45) is 0 Å². The Morgan fingerprint density at radius 2 is 2.50 bits per heavy atom. The zero-order chi connectivity index (χ0) is 10.2. The van der Waals surface area contributed by atoms with E-state index in [1.807, 2.05) is 25.7 Å². The van der Waals surface area contributed by atoms with Crippen LogP contribution >= 0.6 is 11.8 Å². The van der Waals surface area contributed by atoms with Gasteiger partial charge in [-0.3, -0.25) is 0 Å². The van der Waals surface area contributed by atoms with Crippen molar-refractivity contribution in [2.75, 3.05) is 25.2 Å². The lowest BCUT2D eigenvalue weighted by atomic mass is 10.1. The van der Waals surface area contributed by atoms with Gasteiger partial charge in [0, 0.05) is 24.0 Å². The summed E-state index contributed by atoms with van der Waals surface area (Å²) >= 11 is 1.98. The van der Waals surface area contributed by atoms with E-state index in [1.54, 1.807) is 0 Å². The van der Waals surface area contributed by atoms with Crippen LogP contribution in [0.1, 0.15) is 19.8 Å². The lowest BCUT2D eigenvalue weighted by Crippen LogP contribution is -2.43. The number of thioether (sulfide) groups is 1. The number of hydrogen-bond acceptors (Lipinski definition) is 3. The molecule has 1 heterocycles. The van der Waals surface area contributed by atoms with Crippen molar-refractivity contribution in [2.45, 2.75) is 31.9 Å². The third-order valence-corrected chi connectivity index (χ3v) is 3.44. The highest BCUT2D eigenvalue weighted by Crippen LogP contribution is 2.17. The second kappa shape index (κ2) is 7.17. The molecule has 1 rings (SSSR count). The molecule has 80 valence electrons. The lowest BCUT2D eigenvalue weighted by Gasteiger charge is -2.29. The summed E-state index contributed by atoms with van der Waals surface area (Å²) in [6, 6.07) is 0.462. The molecule has 0 aromatic rings. The number of ether oxygens (including phenoxy) is 1. The van der Waals surface area contributed by atoms with E-state index >= 15 is 0 Å². The number of likely N-dealkylation sites (N-methyl/N-ethyl adjacent to an activating group) is 1. The smallest absolute Gasteiger partial charge is 0.0818 e. The summed E-state index contributed by atoms with van der Waals surface area (Å²) in [4.78, 5) is 0. The van der Waals surface area contributed by atoms with Gasteiger partial charge in [0.1, 0.15) is 0 Å². The minimum Gasteiger partial charge on any atom is -0.375 e. The van der Waals surface area contributed by atoms with Gasteiger partial charge in [0.25, 0.3) is 0 Å². The molecule has 2 unspecified atom stereocenters. The van der Waals surface area contributed by atoms with Gasteiger partial charge in [0.05, 0.1) is 12.7 Å². The van der Waals surface area contributed by atoms with E-state index in [4.69, 9.17) is 4.74 Å². The molecule has 0 aromatic carbocycles. The Bertz CT molecular complexity index is 203. The van der Waals surface area contributed by atoms with Crippen LogP contribution in [-0.4, -0.2) is 37.3 Å². The lowest BCUT2D eigenvalue weighted by molar-refractivity contribution is 0.0473. The minimum atomic E-state index is 0.373. The van der Waals surface area contributed by atoms with Crippen LogP contribution in [0.5, 0.6) is 0 Å². The van der Waals surface area contributed by atoms with Crippen LogP contribution < -0.4 is 5.32 Å². The monoisotopic (exact) mass is 213 g/mol. The Morgan fingerprint density at radius 1 is 1.64 bits per heavy atom. The summed E-state index contributed by atoms with van der Waals surface area (Å²) in [7, 11) is 2.01. The average molecular weight is 213 g/mol. The molecule has 0 spiro atoms. The second-order valence-electron chi connectivity index (χ2n) is 3.34. The van der Waals surface area contributed by atoms with Crippen LogP contribution in [-0.2, 0) is 4.74 Å². The van der Waals surface area contributed by atoms with Gasteiger partial charge < -0.3 is 10.1 Å². The zero-order valence-electron chi connectivity index (χ0n) is 9.01.